The molecule has 1 atom stereocenters. The maximum Gasteiger partial charge on any atom is 0.333 e. The Morgan fingerprint density at radius 2 is 2.11 bits per heavy atom. The first-order chi connectivity index (χ1) is 12.6. The number of carbonyl (C=O) groups is 2. The van der Waals surface area contributed by atoms with Crippen molar-refractivity contribution >= 4 is 27.5 Å². The van der Waals surface area contributed by atoms with E-state index in [-0.39, 0.29) is 32.5 Å². The summed E-state index contributed by atoms with van der Waals surface area (Å²) >= 11 is 0. The van der Waals surface area contributed by atoms with Crippen molar-refractivity contribution in [3.63, 3.8) is 0 Å². The van der Waals surface area contributed by atoms with E-state index in [1.807, 2.05) is 0 Å². The molecule has 1 aliphatic heterocycles. The van der Waals surface area contributed by atoms with Crippen LogP contribution >= 0.6 is 0 Å². The first-order valence-corrected chi connectivity index (χ1v) is 9.09. The van der Waals surface area contributed by atoms with Crippen LogP contribution in [0.15, 0.2) is 29.3 Å². The maximum atomic E-state index is 12.8. The van der Waals surface area contributed by atoms with Gasteiger partial charge in [0.05, 0.1) is 10.6 Å². The van der Waals surface area contributed by atoms with Gasteiger partial charge in [-0.2, -0.15) is 18.6 Å². The van der Waals surface area contributed by atoms with Gasteiger partial charge < -0.3 is 10.1 Å². The van der Waals surface area contributed by atoms with Gasteiger partial charge in [0, 0.05) is 12.3 Å². The van der Waals surface area contributed by atoms with Crippen molar-refractivity contribution in [1.82, 2.24) is 14.5 Å². The van der Waals surface area contributed by atoms with Crippen LogP contribution in [0.4, 0.5) is 14.5 Å². The Hall–Kier alpha value is -3.02. The van der Waals surface area contributed by atoms with E-state index in [1.54, 1.807) is 4.72 Å². The molecular weight excluding hydrogens is 386 g/mol. The molecule has 27 heavy (non-hydrogen) atoms. The molecule has 1 aromatic heterocycles. The summed E-state index contributed by atoms with van der Waals surface area (Å²) in [6.07, 6.45) is 0.126. The molecule has 0 saturated carbocycles. The summed E-state index contributed by atoms with van der Waals surface area (Å²) in [6, 6.07) is 3.50. The Morgan fingerprint density at radius 3 is 2.78 bits per heavy atom. The van der Waals surface area contributed by atoms with Gasteiger partial charge in [-0.3, -0.25) is 9.59 Å². The van der Waals surface area contributed by atoms with Crippen LogP contribution < -0.4 is 14.8 Å². The van der Waals surface area contributed by atoms with E-state index in [2.05, 4.69) is 10.4 Å². The minimum absolute atomic E-state index is 0.102. The van der Waals surface area contributed by atoms with Gasteiger partial charge in [0.1, 0.15) is 11.4 Å². The highest BCUT2D eigenvalue weighted by molar-refractivity contribution is 7.90. The number of nitrogens with zero attached hydrogens (tertiary/aromatic N) is 2. The third kappa shape index (κ3) is 3.47. The number of benzene rings is 1. The average molecular weight is 400 g/mol. The second kappa shape index (κ2) is 6.61. The summed E-state index contributed by atoms with van der Waals surface area (Å²) in [5.74, 6) is -1.53. The van der Waals surface area contributed by atoms with Gasteiger partial charge in [0.2, 0.25) is 0 Å². The molecular formula is C15H14F2N4O5S. The summed E-state index contributed by atoms with van der Waals surface area (Å²) in [6.45, 7) is -0.167. The predicted octanol–water partition coefficient (Wildman–Crippen LogP) is 1.42. The van der Waals surface area contributed by atoms with E-state index in [4.69, 9.17) is 4.74 Å². The first-order valence-electron chi connectivity index (χ1n) is 7.61. The Balaban J connectivity index is 1.93. The molecule has 3 rings (SSSR count). The molecule has 0 bridgehead atoms. The molecule has 0 aliphatic carbocycles. The number of rotatable bonds is 4. The fourth-order valence-electron chi connectivity index (χ4n) is 2.51. The number of hydrogen-bond donors (Lipinski definition) is 2. The van der Waals surface area contributed by atoms with Crippen molar-refractivity contribution in [2.75, 3.05) is 5.32 Å². The van der Waals surface area contributed by atoms with Gasteiger partial charge in [0.25, 0.3) is 21.8 Å². The summed E-state index contributed by atoms with van der Waals surface area (Å²) < 4.78 is 58.0. The van der Waals surface area contributed by atoms with Crippen LogP contribution in [-0.2, 0) is 14.8 Å². The lowest BCUT2D eigenvalue weighted by Gasteiger charge is -2.24. The monoisotopic (exact) mass is 400 g/mol. The Kier molecular flexibility index (Phi) is 4.59. The van der Waals surface area contributed by atoms with Crippen LogP contribution in [0.3, 0.4) is 0 Å². The molecule has 2 aromatic rings. The van der Waals surface area contributed by atoms with Gasteiger partial charge >= 0.3 is 6.55 Å². The number of fused-ring (bicyclic) bond motifs is 1. The lowest BCUT2D eigenvalue weighted by atomic mass is 10.1. The third-order valence-electron chi connectivity index (χ3n) is 3.81. The Morgan fingerprint density at radius 1 is 1.41 bits per heavy atom. The zero-order chi connectivity index (χ0) is 19.9. The number of aromatic nitrogens is 2. The molecule has 0 unspecified atom stereocenters. The molecule has 2 amide bonds. The number of aryl methyl sites for hydroxylation is 1. The van der Waals surface area contributed by atoms with Crippen molar-refractivity contribution in [2.45, 2.75) is 31.4 Å². The number of sulfonamides is 1. The fraction of sp³-hybridized carbons (Fsp3) is 0.267. The van der Waals surface area contributed by atoms with E-state index in [9.17, 15) is 26.8 Å². The van der Waals surface area contributed by atoms with Crippen molar-refractivity contribution < 1.29 is 31.5 Å². The zero-order valence-corrected chi connectivity index (χ0v) is 14.9. The summed E-state index contributed by atoms with van der Waals surface area (Å²) in [5, 5.41) is 5.85. The summed E-state index contributed by atoms with van der Waals surface area (Å²) in [4.78, 5) is 23.5. The molecule has 9 nitrogen and oxygen atoms in total. The SMILES string of the molecule is Cc1cc2c(cc1S(=O)(=O)NC(=O)c1ccnn1C(F)F)O[C@@H](C)C(=O)N2. The molecule has 1 aromatic carbocycles. The van der Waals surface area contributed by atoms with Crippen LogP contribution in [0.2, 0.25) is 0 Å². The van der Waals surface area contributed by atoms with Crippen LogP contribution in [-0.4, -0.2) is 36.1 Å². The van der Waals surface area contributed by atoms with Gasteiger partial charge in [-0.15, -0.1) is 0 Å². The predicted molar refractivity (Wildman–Crippen MR) is 88.0 cm³/mol. The minimum atomic E-state index is -4.40. The molecule has 0 saturated heterocycles. The number of hydrogen-bond acceptors (Lipinski definition) is 6. The lowest BCUT2D eigenvalue weighted by Crippen LogP contribution is -2.35. The van der Waals surface area contributed by atoms with E-state index >= 15 is 0 Å². The smallest absolute Gasteiger partial charge is 0.333 e. The molecule has 0 fully saturated rings. The largest absolute Gasteiger partial charge is 0.479 e. The lowest BCUT2D eigenvalue weighted by molar-refractivity contribution is -0.122. The quantitative estimate of drug-likeness (QED) is 0.801. The van der Waals surface area contributed by atoms with Crippen LogP contribution in [0.1, 0.15) is 29.5 Å². The third-order valence-corrected chi connectivity index (χ3v) is 5.29. The van der Waals surface area contributed by atoms with Crippen LogP contribution in [0, 0.1) is 6.92 Å². The van der Waals surface area contributed by atoms with Crippen molar-refractivity contribution in [3.05, 3.63) is 35.7 Å². The standard InChI is InChI=1S/C15H14F2N4O5S/c1-7-5-9-11(26-8(2)13(22)19-9)6-12(7)27(24,25)20-14(23)10-3-4-18-21(10)15(16)17/h3-6,8,15H,1-2H3,(H,19,22)(H,20,23)/t8-/m0/s1. The summed E-state index contributed by atoms with van der Waals surface area (Å²) in [5.41, 5.74) is -0.104. The topological polar surface area (TPSA) is 119 Å². The molecule has 144 valence electrons. The average Bonchev–Trinajstić information content (AvgIpc) is 3.05. The van der Waals surface area contributed by atoms with Crippen molar-refractivity contribution in [1.29, 1.82) is 0 Å². The van der Waals surface area contributed by atoms with E-state index in [0.29, 0.717) is 0 Å². The van der Waals surface area contributed by atoms with Gasteiger partial charge in [-0.05, 0) is 31.5 Å². The van der Waals surface area contributed by atoms with Gasteiger partial charge in [-0.25, -0.2) is 13.1 Å². The number of halogens is 2. The maximum absolute atomic E-state index is 12.8. The second-order valence-corrected chi connectivity index (χ2v) is 7.39. The Labute approximate surface area is 152 Å². The molecule has 0 spiro atoms. The normalized spacial score (nSPS) is 16.5. The highest BCUT2D eigenvalue weighted by Crippen LogP contribution is 2.34. The summed E-state index contributed by atoms with van der Waals surface area (Å²) in [7, 11) is -4.40. The van der Waals surface area contributed by atoms with E-state index in [1.165, 1.54) is 19.9 Å². The minimum Gasteiger partial charge on any atom is -0.479 e. The molecule has 12 heteroatoms. The highest BCUT2D eigenvalue weighted by atomic mass is 32.2. The van der Waals surface area contributed by atoms with Crippen molar-refractivity contribution in [3.8, 4) is 5.75 Å². The van der Waals surface area contributed by atoms with Crippen LogP contribution in [0.25, 0.3) is 0 Å². The van der Waals surface area contributed by atoms with E-state index < -0.39 is 34.3 Å². The van der Waals surface area contributed by atoms with E-state index in [0.717, 1.165) is 18.3 Å². The highest BCUT2D eigenvalue weighted by Gasteiger charge is 2.29. The molecule has 1 aliphatic rings. The second-order valence-electron chi connectivity index (χ2n) is 5.74. The first kappa shape index (κ1) is 18.8. The van der Waals surface area contributed by atoms with Gasteiger partial charge in [0.15, 0.2) is 6.10 Å². The molecule has 2 heterocycles. The number of alkyl halides is 2. The van der Waals surface area contributed by atoms with Gasteiger partial charge in [-0.1, -0.05) is 0 Å². The number of amides is 2. The molecule has 0 radical (unpaired) electrons. The molecule has 2 N–H and O–H groups in total. The fourth-order valence-corrected chi connectivity index (χ4v) is 3.71. The van der Waals surface area contributed by atoms with Crippen LogP contribution in [0.5, 0.6) is 5.75 Å². The number of anilines is 1. The zero-order valence-electron chi connectivity index (χ0n) is 14.1. The number of carbonyl (C=O) groups excluding carboxylic acids is 2. The number of nitrogens with one attached hydrogen (secondary N) is 2. The van der Waals surface area contributed by atoms with Crippen molar-refractivity contribution in [2.24, 2.45) is 0 Å². The Bertz CT molecular complexity index is 1030. The number of ether oxygens (including phenoxy) is 1.